The van der Waals surface area contributed by atoms with Crippen LogP contribution in [0.15, 0.2) is 17.2 Å². The molecule has 0 unspecified atom stereocenters. The van der Waals surface area contributed by atoms with Crippen molar-refractivity contribution in [3.63, 3.8) is 0 Å². The van der Waals surface area contributed by atoms with Crippen molar-refractivity contribution in [2.24, 2.45) is 0 Å². The number of hydrogen-bond donors (Lipinski definition) is 1. The van der Waals surface area contributed by atoms with E-state index in [0.717, 1.165) is 16.9 Å². The van der Waals surface area contributed by atoms with Gasteiger partial charge in [0, 0.05) is 10.4 Å². The number of carboxylic acid groups (broad SMARTS) is 1. The molecule has 3 nitrogen and oxygen atoms in total. The number of aryl methyl sites for hydroxylation is 1. The number of hydrogen-bond acceptors (Lipinski definition) is 3. The molecule has 0 saturated carbocycles. The number of aromatic carboxylic acids is 1. The van der Waals surface area contributed by atoms with E-state index in [-0.39, 0.29) is 4.88 Å². The summed E-state index contributed by atoms with van der Waals surface area (Å²) in [5.41, 5.74) is 2.27. The fourth-order valence-electron chi connectivity index (χ4n) is 1.08. The summed E-state index contributed by atoms with van der Waals surface area (Å²) in [6, 6.07) is 1.77. The number of carbonyl (C=O) groups is 1. The topological polar surface area (TPSA) is 46.5 Å². The predicted molar refractivity (Wildman–Crippen MR) is 65.8 cm³/mol. The first-order chi connectivity index (χ1) is 7.58. The SMILES string of the molecule is CCc1cc(OCC(C)=CCl)c(C(=O)O)s1. The molecule has 1 heterocycles. The lowest BCUT2D eigenvalue weighted by Crippen LogP contribution is -2.01. The highest BCUT2D eigenvalue weighted by atomic mass is 35.5. The molecule has 1 aromatic heterocycles. The fourth-order valence-corrected chi connectivity index (χ4v) is 2.02. The number of ether oxygens (including phenoxy) is 1. The average molecular weight is 261 g/mol. The smallest absolute Gasteiger partial charge is 0.349 e. The van der Waals surface area contributed by atoms with Gasteiger partial charge >= 0.3 is 5.97 Å². The van der Waals surface area contributed by atoms with Crippen LogP contribution in [-0.2, 0) is 6.42 Å². The van der Waals surface area contributed by atoms with Crippen molar-refractivity contribution in [2.45, 2.75) is 20.3 Å². The highest BCUT2D eigenvalue weighted by Crippen LogP contribution is 2.30. The van der Waals surface area contributed by atoms with Gasteiger partial charge < -0.3 is 9.84 Å². The van der Waals surface area contributed by atoms with Gasteiger partial charge in [0.15, 0.2) is 4.88 Å². The zero-order valence-electron chi connectivity index (χ0n) is 9.12. The van der Waals surface area contributed by atoms with Crippen LogP contribution in [0.25, 0.3) is 0 Å². The minimum Gasteiger partial charge on any atom is -0.487 e. The van der Waals surface area contributed by atoms with Crippen molar-refractivity contribution in [3.8, 4) is 5.75 Å². The summed E-state index contributed by atoms with van der Waals surface area (Å²) in [5, 5.41) is 8.99. The second-order valence-electron chi connectivity index (χ2n) is 3.31. The van der Waals surface area contributed by atoms with Crippen LogP contribution in [0.3, 0.4) is 0 Å². The summed E-state index contributed by atoms with van der Waals surface area (Å²) < 4.78 is 5.41. The quantitative estimate of drug-likeness (QED) is 0.881. The Labute approximate surface area is 103 Å². The van der Waals surface area contributed by atoms with E-state index in [0.29, 0.717) is 12.4 Å². The standard InChI is InChI=1S/C11H13ClO3S/c1-3-8-4-9(10(16-8)11(13)14)15-6-7(2)5-12/h4-5H,3,6H2,1-2H3,(H,13,14). The molecule has 0 aliphatic heterocycles. The van der Waals surface area contributed by atoms with Crippen LogP contribution in [0.1, 0.15) is 28.4 Å². The first-order valence-corrected chi connectivity index (χ1v) is 6.08. The van der Waals surface area contributed by atoms with E-state index in [9.17, 15) is 4.79 Å². The van der Waals surface area contributed by atoms with E-state index >= 15 is 0 Å². The largest absolute Gasteiger partial charge is 0.487 e. The summed E-state index contributed by atoms with van der Waals surface area (Å²) in [7, 11) is 0. The monoisotopic (exact) mass is 260 g/mol. The highest BCUT2D eigenvalue weighted by Gasteiger charge is 2.16. The second-order valence-corrected chi connectivity index (χ2v) is 4.66. The lowest BCUT2D eigenvalue weighted by molar-refractivity contribution is 0.0698. The number of rotatable bonds is 5. The Balaban J connectivity index is 2.85. The fraction of sp³-hybridized carbons (Fsp3) is 0.364. The Morgan fingerprint density at radius 3 is 2.88 bits per heavy atom. The van der Waals surface area contributed by atoms with Gasteiger partial charge in [-0.3, -0.25) is 0 Å². The first kappa shape index (κ1) is 13.1. The molecule has 1 rings (SSSR count). The molecule has 0 spiro atoms. The molecular formula is C11H13ClO3S. The van der Waals surface area contributed by atoms with Crippen molar-refractivity contribution in [3.05, 3.63) is 26.9 Å². The summed E-state index contributed by atoms with van der Waals surface area (Å²) in [6.45, 7) is 4.11. The van der Waals surface area contributed by atoms with E-state index in [1.54, 1.807) is 6.07 Å². The summed E-state index contributed by atoms with van der Waals surface area (Å²) in [5.74, 6) is -0.528. The molecule has 0 bridgehead atoms. The van der Waals surface area contributed by atoms with Crippen molar-refractivity contribution < 1.29 is 14.6 Å². The minimum atomic E-state index is -0.952. The highest BCUT2D eigenvalue weighted by molar-refractivity contribution is 7.14. The maximum Gasteiger partial charge on any atom is 0.349 e. The molecule has 1 aromatic rings. The number of halogens is 1. The Hall–Kier alpha value is -1.00. The second kappa shape index (κ2) is 5.92. The van der Waals surface area contributed by atoms with Crippen LogP contribution in [-0.4, -0.2) is 17.7 Å². The molecule has 0 aliphatic carbocycles. The van der Waals surface area contributed by atoms with Gasteiger partial charge in [0.25, 0.3) is 0 Å². The predicted octanol–water partition coefficient (Wildman–Crippen LogP) is 3.53. The van der Waals surface area contributed by atoms with Gasteiger partial charge in [0.1, 0.15) is 12.4 Å². The molecule has 5 heteroatoms. The zero-order valence-corrected chi connectivity index (χ0v) is 10.7. The van der Waals surface area contributed by atoms with Gasteiger partial charge in [-0.25, -0.2) is 4.79 Å². The lowest BCUT2D eigenvalue weighted by atomic mass is 10.3. The Bertz CT molecular complexity index is 409. The molecule has 0 aliphatic rings. The lowest BCUT2D eigenvalue weighted by Gasteiger charge is -2.04. The maximum atomic E-state index is 11.0. The van der Waals surface area contributed by atoms with E-state index in [4.69, 9.17) is 21.4 Å². The number of thiophene rings is 1. The first-order valence-electron chi connectivity index (χ1n) is 4.83. The molecule has 16 heavy (non-hydrogen) atoms. The third kappa shape index (κ3) is 3.25. The Kier molecular flexibility index (Phi) is 4.83. The van der Waals surface area contributed by atoms with Crippen LogP contribution >= 0.6 is 22.9 Å². The van der Waals surface area contributed by atoms with Crippen LogP contribution in [0, 0.1) is 0 Å². The molecule has 0 atom stereocenters. The Morgan fingerprint density at radius 1 is 1.69 bits per heavy atom. The van der Waals surface area contributed by atoms with Crippen LogP contribution < -0.4 is 4.74 Å². The number of carboxylic acids is 1. The zero-order chi connectivity index (χ0) is 12.1. The van der Waals surface area contributed by atoms with E-state index < -0.39 is 5.97 Å². The summed E-state index contributed by atoms with van der Waals surface area (Å²) in [6.07, 6.45) is 0.804. The normalized spacial score (nSPS) is 11.6. The third-order valence-corrected chi connectivity index (χ3v) is 3.55. The van der Waals surface area contributed by atoms with E-state index in [2.05, 4.69) is 0 Å². The van der Waals surface area contributed by atoms with Crippen molar-refractivity contribution in [1.29, 1.82) is 0 Å². The third-order valence-electron chi connectivity index (χ3n) is 1.93. The van der Waals surface area contributed by atoms with Gasteiger partial charge in [0.05, 0.1) is 0 Å². The minimum absolute atomic E-state index is 0.249. The van der Waals surface area contributed by atoms with Crippen molar-refractivity contribution in [2.75, 3.05) is 6.61 Å². The molecule has 1 N–H and O–H groups in total. The molecule has 0 amide bonds. The van der Waals surface area contributed by atoms with E-state index in [1.165, 1.54) is 16.9 Å². The molecular weight excluding hydrogens is 248 g/mol. The molecule has 0 saturated heterocycles. The van der Waals surface area contributed by atoms with Crippen LogP contribution in [0.5, 0.6) is 5.75 Å². The van der Waals surface area contributed by atoms with Crippen molar-refractivity contribution in [1.82, 2.24) is 0 Å². The molecule has 0 fully saturated rings. The summed E-state index contributed by atoms with van der Waals surface area (Å²) in [4.78, 5) is 12.2. The van der Waals surface area contributed by atoms with Gasteiger partial charge in [-0.2, -0.15) is 0 Å². The van der Waals surface area contributed by atoms with Crippen molar-refractivity contribution >= 4 is 28.9 Å². The average Bonchev–Trinajstić information content (AvgIpc) is 2.69. The van der Waals surface area contributed by atoms with Crippen LogP contribution in [0.2, 0.25) is 0 Å². The molecule has 0 radical (unpaired) electrons. The Morgan fingerprint density at radius 2 is 2.38 bits per heavy atom. The van der Waals surface area contributed by atoms with E-state index in [1.807, 2.05) is 13.8 Å². The van der Waals surface area contributed by atoms with Gasteiger partial charge in [-0.15, -0.1) is 11.3 Å². The summed E-state index contributed by atoms with van der Waals surface area (Å²) >= 11 is 6.75. The van der Waals surface area contributed by atoms with Crippen LogP contribution in [0.4, 0.5) is 0 Å². The van der Waals surface area contributed by atoms with Gasteiger partial charge in [-0.1, -0.05) is 18.5 Å². The molecule has 88 valence electrons. The van der Waals surface area contributed by atoms with Gasteiger partial charge in [0.2, 0.25) is 0 Å². The van der Waals surface area contributed by atoms with Gasteiger partial charge in [-0.05, 0) is 25.0 Å². The maximum absolute atomic E-state index is 11.0. The molecule has 0 aromatic carbocycles.